The minimum atomic E-state index is -3.72. The highest BCUT2D eigenvalue weighted by Crippen LogP contribution is 2.53. The standard InChI is InChI=1S/C30H41F2N4O7PS/c1-5-39-23-16-19(2)34-25-24(23)33-18-36(25)28-29(4,31)27(38)30(32,42-28)17-40-44(45,43-22-14-10-7-11-15-22)35-20(3)26(37)41-21-12-8-6-9-13-21/h7,10-11,14-15,18,20-21,23,27-28,38H,5-6,8-9,12-13,16-17H2,1-4H3,(H,35,45)/t20?,23?,27-,28+,29+,30+,44?/m0/s1. The number of esters is 1. The number of ether oxygens (including phenoxy) is 3. The van der Waals surface area contributed by atoms with Gasteiger partial charge in [-0.2, -0.15) is 0 Å². The Bertz CT molecular complexity index is 1420. The topological polar surface area (TPSA) is 126 Å². The molecule has 0 spiro atoms. The number of rotatable bonds is 12. The Hall–Kier alpha value is -2.32. The molecular weight excluding hydrogens is 629 g/mol. The predicted molar refractivity (Wildman–Crippen MR) is 166 cm³/mol. The van der Waals surface area contributed by atoms with E-state index in [0.717, 1.165) is 44.7 Å². The first kappa shape index (κ1) is 34.0. The van der Waals surface area contributed by atoms with Crippen LogP contribution in [-0.2, 0) is 35.3 Å². The van der Waals surface area contributed by atoms with Crippen molar-refractivity contribution in [3.05, 3.63) is 42.4 Å². The number of aliphatic imine (C=N–C) groups is 1. The van der Waals surface area contributed by atoms with E-state index in [2.05, 4.69) is 15.1 Å². The van der Waals surface area contributed by atoms with Gasteiger partial charge in [0.2, 0.25) is 0 Å². The molecule has 0 amide bonds. The van der Waals surface area contributed by atoms with E-state index in [1.807, 2.05) is 6.92 Å². The Morgan fingerprint density at radius 2 is 1.98 bits per heavy atom. The molecule has 2 fully saturated rings. The Morgan fingerprint density at radius 1 is 1.27 bits per heavy atom. The van der Waals surface area contributed by atoms with E-state index in [1.54, 1.807) is 44.2 Å². The molecule has 3 heterocycles. The molecule has 1 saturated carbocycles. The van der Waals surface area contributed by atoms with Gasteiger partial charge in [0.05, 0.1) is 6.33 Å². The van der Waals surface area contributed by atoms with Crippen molar-refractivity contribution < 1.29 is 41.9 Å². The molecule has 1 aromatic carbocycles. The van der Waals surface area contributed by atoms with Crippen LogP contribution in [0.1, 0.15) is 84.2 Å². The summed E-state index contributed by atoms with van der Waals surface area (Å²) in [5.41, 5.74) is -1.45. The molecule has 5 rings (SSSR count). The van der Waals surface area contributed by atoms with Gasteiger partial charge in [-0.05, 0) is 77.3 Å². The third kappa shape index (κ3) is 7.48. The first-order valence-electron chi connectivity index (χ1n) is 15.3. The molecule has 1 aliphatic carbocycles. The first-order chi connectivity index (χ1) is 21.3. The van der Waals surface area contributed by atoms with Crippen LogP contribution in [0, 0.1) is 0 Å². The quantitative estimate of drug-likeness (QED) is 0.208. The molecule has 3 aliphatic rings. The fourth-order valence-corrected chi connectivity index (χ4v) is 8.19. The van der Waals surface area contributed by atoms with Crippen LogP contribution < -0.4 is 9.61 Å². The van der Waals surface area contributed by atoms with Gasteiger partial charge >= 0.3 is 12.6 Å². The van der Waals surface area contributed by atoms with E-state index in [1.165, 1.54) is 10.9 Å². The van der Waals surface area contributed by atoms with Crippen LogP contribution in [0.5, 0.6) is 5.75 Å². The Kier molecular flexibility index (Phi) is 10.4. The summed E-state index contributed by atoms with van der Waals surface area (Å²) >= 11 is 5.71. The van der Waals surface area contributed by atoms with Crippen molar-refractivity contribution in [3.8, 4) is 5.75 Å². The molecule has 0 radical (unpaired) electrons. The third-order valence-electron chi connectivity index (χ3n) is 8.17. The molecule has 15 heteroatoms. The molecule has 2 aromatic rings. The highest BCUT2D eigenvalue weighted by molar-refractivity contribution is 8.09. The van der Waals surface area contributed by atoms with Gasteiger partial charge in [0, 0.05) is 18.7 Å². The average molecular weight is 671 g/mol. The number of aromatic nitrogens is 2. The van der Waals surface area contributed by atoms with E-state index in [4.69, 9.17) is 35.1 Å². The van der Waals surface area contributed by atoms with E-state index in [9.17, 15) is 9.90 Å². The minimum Gasteiger partial charge on any atom is -0.461 e. The zero-order valence-electron chi connectivity index (χ0n) is 25.9. The first-order valence-corrected chi connectivity index (χ1v) is 17.9. The van der Waals surface area contributed by atoms with Crippen LogP contribution in [-0.4, -0.2) is 69.3 Å². The molecule has 3 unspecified atom stereocenters. The molecule has 2 aliphatic heterocycles. The summed E-state index contributed by atoms with van der Waals surface area (Å²) < 4.78 is 62.8. The predicted octanol–water partition coefficient (Wildman–Crippen LogP) is 5.91. The molecule has 7 atom stereocenters. The number of nitrogens with one attached hydrogen (secondary N) is 1. The van der Waals surface area contributed by atoms with E-state index in [-0.39, 0.29) is 11.9 Å². The van der Waals surface area contributed by atoms with Gasteiger partial charge < -0.3 is 28.4 Å². The number of hydrogen-bond acceptors (Lipinski definition) is 10. The number of benzene rings is 1. The third-order valence-corrected chi connectivity index (χ3v) is 10.7. The van der Waals surface area contributed by atoms with Gasteiger partial charge in [-0.25, -0.2) is 23.8 Å². The lowest BCUT2D eigenvalue weighted by Crippen LogP contribution is -2.47. The number of imidazole rings is 1. The van der Waals surface area contributed by atoms with E-state index >= 15 is 8.78 Å². The summed E-state index contributed by atoms with van der Waals surface area (Å²) in [5, 5.41) is 13.8. The van der Waals surface area contributed by atoms with Crippen molar-refractivity contribution in [2.75, 3.05) is 13.2 Å². The van der Waals surface area contributed by atoms with Crippen LogP contribution in [0.25, 0.3) is 0 Å². The highest BCUT2D eigenvalue weighted by Gasteiger charge is 2.65. The van der Waals surface area contributed by atoms with Gasteiger partial charge in [0.1, 0.15) is 36.3 Å². The van der Waals surface area contributed by atoms with Crippen LogP contribution in [0.2, 0.25) is 0 Å². The van der Waals surface area contributed by atoms with Gasteiger partial charge in [-0.1, -0.05) is 24.6 Å². The van der Waals surface area contributed by atoms with Crippen molar-refractivity contribution >= 4 is 35.9 Å². The highest BCUT2D eigenvalue weighted by atomic mass is 32.5. The minimum absolute atomic E-state index is 0.189. The van der Waals surface area contributed by atoms with Gasteiger partial charge in [-0.15, -0.1) is 0 Å². The van der Waals surface area contributed by atoms with Gasteiger partial charge in [0.15, 0.2) is 23.8 Å². The lowest BCUT2D eigenvalue weighted by Gasteiger charge is -2.31. The van der Waals surface area contributed by atoms with Crippen LogP contribution in [0.4, 0.5) is 14.6 Å². The van der Waals surface area contributed by atoms with Crippen LogP contribution in [0.15, 0.2) is 41.7 Å². The molecular formula is C30H41F2N4O7PS. The number of carbonyl (C=O) groups is 1. The number of carbonyl (C=O) groups excluding carboxylic acids is 1. The average Bonchev–Trinajstić information content (AvgIpc) is 3.50. The number of alkyl halides is 2. The second-order valence-electron chi connectivity index (χ2n) is 11.9. The SMILES string of the molecule is CCOC1CC(C)=Nc2c1ncn2[C@@H]1O[C@](F)(COP(=S)(NC(C)C(=O)OC2CCCCC2)Oc2ccccc2)[C@@H](O)[C@@]1(C)F. The lowest BCUT2D eigenvalue weighted by molar-refractivity contribution is -0.202. The summed E-state index contributed by atoms with van der Waals surface area (Å²) in [6.07, 6.45) is 1.89. The maximum Gasteiger partial charge on any atom is 0.323 e. The summed E-state index contributed by atoms with van der Waals surface area (Å²) in [6, 6.07) is 7.47. The molecule has 1 aromatic heterocycles. The largest absolute Gasteiger partial charge is 0.461 e. The number of para-hydroxylation sites is 1. The monoisotopic (exact) mass is 670 g/mol. The molecule has 11 nitrogen and oxygen atoms in total. The number of fused-ring (bicyclic) bond motifs is 1. The van der Waals surface area contributed by atoms with Crippen molar-refractivity contribution in [1.82, 2.24) is 14.6 Å². The normalized spacial score (nSPS) is 30.6. The lowest BCUT2D eigenvalue weighted by atomic mass is 9.97. The molecule has 45 heavy (non-hydrogen) atoms. The Labute approximate surface area is 266 Å². The van der Waals surface area contributed by atoms with Crippen molar-refractivity contribution in [3.63, 3.8) is 0 Å². The number of aliphatic hydroxyl groups excluding tert-OH is 1. The fourth-order valence-electron chi connectivity index (χ4n) is 5.80. The smallest absolute Gasteiger partial charge is 0.323 e. The maximum absolute atomic E-state index is 16.5. The number of halogens is 2. The summed E-state index contributed by atoms with van der Waals surface area (Å²) in [4.78, 5) is 21.8. The Morgan fingerprint density at radius 3 is 2.67 bits per heavy atom. The zero-order chi connectivity index (χ0) is 32.4. The van der Waals surface area contributed by atoms with Gasteiger partial charge in [-0.3, -0.25) is 9.36 Å². The van der Waals surface area contributed by atoms with Gasteiger partial charge in [0.25, 0.3) is 5.85 Å². The second-order valence-corrected chi connectivity index (χ2v) is 15.0. The van der Waals surface area contributed by atoms with Crippen molar-refractivity contribution in [2.24, 2.45) is 4.99 Å². The van der Waals surface area contributed by atoms with Crippen molar-refractivity contribution in [2.45, 2.75) is 108 Å². The van der Waals surface area contributed by atoms with E-state index in [0.29, 0.717) is 24.5 Å². The second kappa shape index (κ2) is 13.8. The Balaban J connectivity index is 1.35. The summed E-state index contributed by atoms with van der Waals surface area (Å²) in [7, 11) is 0. The fraction of sp³-hybridized carbons (Fsp3) is 0.633. The van der Waals surface area contributed by atoms with Crippen molar-refractivity contribution in [1.29, 1.82) is 0 Å². The van der Waals surface area contributed by atoms with Crippen LogP contribution >= 0.6 is 6.64 Å². The number of aliphatic hydroxyl groups is 1. The van der Waals surface area contributed by atoms with E-state index < -0.39 is 55.2 Å². The molecule has 0 bridgehead atoms. The molecule has 2 N–H and O–H groups in total. The molecule has 248 valence electrons. The number of hydrogen-bond donors (Lipinski definition) is 2. The zero-order valence-corrected chi connectivity index (χ0v) is 27.6. The summed E-state index contributed by atoms with van der Waals surface area (Å²) in [5.74, 6) is -3.05. The molecule has 1 saturated heterocycles. The number of nitrogens with zero attached hydrogens (tertiary/aromatic N) is 3. The maximum atomic E-state index is 16.5. The summed E-state index contributed by atoms with van der Waals surface area (Å²) in [6.45, 7) is 1.94. The van der Waals surface area contributed by atoms with Crippen LogP contribution in [0.3, 0.4) is 0 Å².